The minimum absolute atomic E-state index is 0.0738. The van der Waals surface area contributed by atoms with Crippen molar-refractivity contribution >= 4 is 17.4 Å². The van der Waals surface area contributed by atoms with Crippen LogP contribution in [0.2, 0.25) is 0 Å². The number of hydrogen-bond donors (Lipinski definition) is 1. The van der Waals surface area contributed by atoms with Crippen molar-refractivity contribution in [1.82, 2.24) is 4.98 Å². The van der Waals surface area contributed by atoms with Gasteiger partial charge < -0.3 is 10.2 Å². The normalized spacial score (nSPS) is 10.5. The molecule has 1 amide bonds. The van der Waals surface area contributed by atoms with Crippen LogP contribution in [0, 0.1) is 12.7 Å². The number of carbonyl (C=O) groups is 1. The summed E-state index contributed by atoms with van der Waals surface area (Å²) in [6, 6.07) is 17.6. The molecule has 0 aliphatic rings. The zero-order valence-corrected chi connectivity index (χ0v) is 15.4. The second-order valence-corrected chi connectivity index (χ2v) is 6.30. The molecule has 0 saturated carbocycles. The van der Waals surface area contributed by atoms with E-state index in [-0.39, 0.29) is 11.7 Å². The number of nitrogens with one attached hydrogen (secondary N) is 1. The van der Waals surface area contributed by atoms with Gasteiger partial charge in [0.05, 0.1) is 0 Å². The Morgan fingerprint density at radius 3 is 2.59 bits per heavy atom. The lowest BCUT2D eigenvalue weighted by atomic mass is 10.1. The summed E-state index contributed by atoms with van der Waals surface area (Å²) in [5, 5.41) is 3.18. The molecule has 2 aromatic carbocycles. The van der Waals surface area contributed by atoms with Crippen LogP contribution in [-0.4, -0.2) is 17.4 Å². The number of aryl methyl sites for hydroxylation is 1. The van der Waals surface area contributed by atoms with Crippen molar-refractivity contribution in [1.29, 1.82) is 0 Å². The van der Waals surface area contributed by atoms with Gasteiger partial charge in [-0.25, -0.2) is 9.37 Å². The highest BCUT2D eigenvalue weighted by molar-refractivity contribution is 6.06. The molecule has 27 heavy (non-hydrogen) atoms. The standard InChI is InChI=1S/C22H22FN3O/c1-3-26(20-6-4-5-16(2)13-20)22(27)18-11-12-24-21(14-18)25-15-17-7-9-19(23)10-8-17/h4-14H,3,15H2,1-2H3,(H,24,25). The van der Waals surface area contributed by atoms with Crippen molar-refractivity contribution in [2.75, 3.05) is 16.8 Å². The SMILES string of the molecule is CCN(C(=O)c1ccnc(NCc2ccc(F)cc2)c1)c1cccc(C)c1. The molecule has 1 N–H and O–H groups in total. The molecule has 3 rings (SSSR count). The highest BCUT2D eigenvalue weighted by Crippen LogP contribution is 2.19. The molecule has 4 nitrogen and oxygen atoms in total. The molecule has 0 aliphatic heterocycles. The van der Waals surface area contributed by atoms with Crippen LogP contribution in [0.4, 0.5) is 15.9 Å². The van der Waals surface area contributed by atoms with Gasteiger partial charge in [-0.05, 0) is 61.4 Å². The third kappa shape index (κ3) is 4.70. The largest absolute Gasteiger partial charge is 0.366 e. The van der Waals surface area contributed by atoms with Crippen LogP contribution in [0.3, 0.4) is 0 Å². The first kappa shape index (κ1) is 18.6. The van der Waals surface area contributed by atoms with Crippen molar-refractivity contribution in [3.8, 4) is 0 Å². The Morgan fingerprint density at radius 1 is 1.11 bits per heavy atom. The maximum absolute atomic E-state index is 13.0. The van der Waals surface area contributed by atoms with Crippen LogP contribution >= 0.6 is 0 Å². The Morgan fingerprint density at radius 2 is 1.89 bits per heavy atom. The first-order valence-corrected chi connectivity index (χ1v) is 8.89. The average molecular weight is 363 g/mol. The molecule has 0 atom stereocenters. The van der Waals surface area contributed by atoms with E-state index in [0.29, 0.717) is 24.5 Å². The summed E-state index contributed by atoms with van der Waals surface area (Å²) in [5.41, 5.74) is 3.48. The molecule has 0 unspecified atom stereocenters. The predicted octanol–water partition coefficient (Wildman–Crippen LogP) is 4.81. The Balaban J connectivity index is 1.75. The summed E-state index contributed by atoms with van der Waals surface area (Å²) >= 11 is 0. The van der Waals surface area contributed by atoms with Crippen LogP contribution in [0.15, 0.2) is 66.9 Å². The molecule has 0 bridgehead atoms. The molecule has 1 aromatic heterocycles. The number of aromatic nitrogens is 1. The predicted molar refractivity (Wildman–Crippen MR) is 106 cm³/mol. The van der Waals surface area contributed by atoms with Gasteiger partial charge in [0.15, 0.2) is 0 Å². The van der Waals surface area contributed by atoms with Crippen LogP contribution in [0.5, 0.6) is 0 Å². The first-order valence-electron chi connectivity index (χ1n) is 8.89. The number of hydrogen-bond acceptors (Lipinski definition) is 3. The third-order valence-electron chi connectivity index (χ3n) is 4.27. The number of rotatable bonds is 6. The fraction of sp³-hybridized carbons (Fsp3) is 0.182. The van der Waals surface area contributed by atoms with Crippen LogP contribution in [0.1, 0.15) is 28.4 Å². The van der Waals surface area contributed by atoms with Gasteiger partial charge in [-0.3, -0.25) is 4.79 Å². The van der Waals surface area contributed by atoms with Crippen molar-refractivity contribution < 1.29 is 9.18 Å². The fourth-order valence-electron chi connectivity index (χ4n) is 2.85. The lowest BCUT2D eigenvalue weighted by Gasteiger charge is -2.21. The van der Waals surface area contributed by atoms with E-state index >= 15 is 0 Å². The van der Waals surface area contributed by atoms with Gasteiger partial charge in [0.2, 0.25) is 0 Å². The quantitative estimate of drug-likeness (QED) is 0.684. The summed E-state index contributed by atoms with van der Waals surface area (Å²) < 4.78 is 13.0. The van der Waals surface area contributed by atoms with E-state index in [1.165, 1.54) is 12.1 Å². The lowest BCUT2D eigenvalue weighted by molar-refractivity contribution is 0.0988. The zero-order chi connectivity index (χ0) is 19.2. The highest BCUT2D eigenvalue weighted by atomic mass is 19.1. The second kappa shape index (κ2) is 8.45. The number of anilines is 2. The van der Waals surface area contributed by atoms with Gasteiger partial charge in [0, 0.05) is 30.5 Å². The zero-order valence-electron chi connectivity index (χ0n) is 15.4. The summed E-state index contributed by atoms with van der Waals surface area (Å²) in [6.45, 7) is 5.03. The molecule has 5 heteroatoms. The molecule has 0 aliphatic carbocycles. The van der Waals surface area contributed by atoms with Gasteiger partial charge in [0.25, 0.3) is 5.91 Å². The van der Waals surface area contributed by atoms with Gasteiger partial charge in [-0.1, -0.05) is 24.3 Å². The topological polar surface area (TPSA) is 45.2 Å². The van der Waals surface area contributed by atoms with E-state index < -0.39 is 0 Å². The van der Waals surface area contributed by atoms with Gasteiger partial charge in [-0.15, -0.1) is 0 Å². The number of carbonyl (C=O) groups excluding carboxylic acids is 1. The summed E-state index contributed by atoms with van der Waals surface area (Å²) in [4.78, 5) is 19.0. The minimum atomic E-state index is -0.264. The molecule has 0 radical (unpaired) electrons. The Labute approximate surface area is 158 Å². The first-order chi connectivity index (χ1) is 13.1. The lowest BCUT2D eigenvalue weighted by Crippen LogP contribution is -2.30. The molecule has 0 spiro atoms. The van der Waals surface area contributed by atoms with Gasteiger partial charge in [0.1, 0.15) is 11.6 Å². The Hall–Kier alpha value is -3.21. The van der Waals surface area contributed by atoms with E-state index in [0.717, 1.165) is 16.8 Å². The van der Waals surface area contributed by atoms with Crippen LogP contribution < -0.4 is 10.2 Å². The molecular formula is C22H22FN3O. The summed E-state index contributed by atoms with van der Waals surface area (Å²) in [6.07, 6.45) is 1.62. The van der Waals surface area contributed by atoms with Crippen LogP contribution in [-0.2, 0) is 6.54 Å². The molecule has 1 heterocycles. The number of halogens is 1. The summed E-state index contributed by atoms with van der Waals surface area (Å²) in [7, 11) is 0. The number of pyridine rings is 1. The van der Waals surface area contributed by atoms with E-state index in [9.17, 15) is 9.18 Å². The second-order valence-electron chi connectivity index (χ2n) is 6.30. The molecule has 0 saturated heterocycles. The molecule has 3 aromatic rings. The van der Waals surface area contributed by atoms with E-state index in [1.54, 1.807) is 35.4 Å². The molecule has 0 fully saturated rings. The molecule has 138 valence electrons. The Kier molecular flexibility index (Phi) is 5.81. The number of benzene rings is 2. The van der Waals surface area contributed by atoms with E-state index in [2.05, 4.69) is 10.3 Å². The fourth-order valence-corrected chi connectivity index (χ4v) is 2.85. The highest BCUT2D eigenvalue weighted by Gasteiger charge is 2.16. The summed E-state index contributed by atoms with van der Waals surface area (Å²) in [5.74, 6) is 0.265. The van der Waals surface area contributed by atoms with Gasteiger partial charge >= 0.3 is 0 Å². The van der Waals surface area contributed by atoms with Crippen molar-refractivity contribution in [3.63, 3.8) is 0 Å². The smallest absolute Gasteiger partial charge is 0.258 e. The maximum atomic E-state index is 13.0. The minimum Gasteiger partial charge on any atom is -0.366 e. The molecular weight excluding hydrogens is 341 g/mol. The monoisotopic (exact) mass is 363 g/mol. The maximum Gasteiger partial charge on any atom is 0.258 e. The van der Waals surface area contributed by atoms with Gasteiger partial charge in [-0.2, -0.15) is 0 Å². The Bertz CT molecular complexity index is 925. The number of nitrogens with zero attached hydrogens (tertiary/aromatic N) is 2. The van der Waals surface area contributed by atoms with E-state index in [4.69, 9.17) is 0 Å². The number of amides is 1. The third-order valence-corrected chi connectivity index (χ3v) is 4.27. The van der Waals surface area contributed by atoms with Crippen molar-refractivity contribution in [2.45, 2.75) is 20.4 Å². The van der Waals surface area contributed by atoms with Crippen molar-refractivity contribution in [3.05, 3.63) is 89.4 Å². The van der Waals surface area contributed by atoms with E-state index in [1.807, 2.05) is 38.1 Å². The van der Waals surface area contributed by atoms with Crippen molar-refractivity contribution in [2.24, 2.45) is 0 Å². The van der Waals surface area contributed by atoms with Crippen LogP contribution in [0.25, 0.3) is 0 Å². The average Bonchev–Trinajstić information content (AvgIpc) is 2.68.